The van der Waals surface area contributed by atoms with Crippen molar-refractivity contribution in [1.29, 1.82) is 0 Å². The minimum absolute atomic E-state index is 0.00597. The predicted molar refractivity (Wildman–Crippen MR) is 111 cm³/mol. The average Bonchev–Trinajstić information content (AvgIpc) is 3.11. The SMILES string of the molecule is CCNC(=NCc1cccc(C(=O)NC(C)CC)c1)N1CCC2(CCC2)C1. The molecule has 3 rings (SSSR count). The Morgan fingerprint density at radius 1 is 1.30 bits per heavy atom. The molecule has 2 fully saturated rings. The molecule has 2 N–H and O–H groups in total. The molecule has 27 heavy (non-hydrogen) atoms. The van der Waals surface area contributed by atoms with Gasteiger partial charge in [0.05, 0.1) is 6.54 Å². The molecule has 0 bridgehead atoms. The molecule has 148 valence electrons. The second-order valence-electron chi connectivity index (χ2n) is 8.18. The maximum Gasteiger partial charge on any atom is 0.251 e. The molecule has 1 aliphatic heterocycles. The summed E-state index contributed by atoms with van der Waals surface area (Å²) >= 11 is 0. The van der Waals surface area contributed by atoms with E-state index >= 15 is 0 Å². The van der Waals surface area contributed by atoms with E-state index in [1.165, 1.54) is 25.7 Å². The van der Waals surface area contributed by atoms with Crippen LogP contribution in [-0.4, -0.2) is 42.4 Å². The molecule has 0 radical (unpaired) electrons. The number of rotatable bonds is 6. The number of carbonyl (C=O) groups is 1. The van der Waals surface area contributed by atoms with E-state index in [0.717, 1.165) is 37.6 Å². The van der Waals surface area contributed by atoms with Crippen molar-refractivity contribution >= 4 is 11.9 Å². The lowest BCUT2D eigenvalue weighted by Gasteiger charge is -2.38. The third-order valence-corrected chi connectivity index (χ3v) is 6.08. The molecule has 1 aromatic carbocycles. The van der Waals surface area contributed by atoms with Crippen LogP contribution < -0.4 is 10.6 Å². The molecule has 1 spiro atoms. The van der Waals surface area contributed by atoms with Crippen LogP contribution in [0.5, 0.6) is 0 Å². The first-order valence-corrected chi connectivity index (χ1v) is 10.5. The van der Waals surface area contributed by atoms with Crippen molar-refractivity contribution in [2.45, 2.75) is 65.5 Å². The fourth-order valence-corrected chi connectivity index (χ4v) is 4.01. The molecule has 1 saturated carbocycles. The Kier molecular flexibility index (Phi) is 6.40. The van der Waals surface area contributed by atoms with Gasteiger partial charge in [0.2, 0.25) is 0 Å². The number of hydrogen-bond donors (Lipinski definition) is 2. The Morgan fingerprint density at radius 2 is 2.11 bits per heavy atom. The number of likely N-dealkylation sites (tertiary alicyclic amines) is 1. The summed E-state index contributed by atoms with van der Waals surface area (Å²) < 4.78 is 0. The van der Waals surface area contributed by atoms with Crippen LogP contribution in [0.25, 0.3) is 0 Å². The normalized spacial score (nSPS) is 19.7. The summed E-state index contributed by atoms with van der Waals surface area (Å²) in [4.78, 5) is 19.6. The van der Waals surface area contributed by atoms with Gasteiger partial charge < -0.3 is 15.5 Å². The second-order valence-corrected chi connectivity index (χ2v) is 8.18. The van der Waals surface area contributed by atoms with Gasteiger partial charge in [0.1, 0.15) is 0 Å². The molecule has 1 unspecified atom stereocenters. The van der Waals surface area contributed by atoms with Crippen LogP contribution in [0, 0.1) is 5.41 Å². The summed E-state index contributed by atoms with van der Waals surface area (Å²) in [6.45, 7) is 9.92. The standard InChI is InChI=1S/C22H34N4O/c1-4-17(3)25-20(27)19-9-6-8-18(14-19)15-24-21(23-5-2)26-13-12-22(16-26)10-7-11-22/h6,8-9,14,17H,4-5,7,10-13,15-16H2,1-3H3,(H,23,24)(H,25,27). The lowest BCUT2D eigenvalue weighted by molar-refractivity contribution is 0.0939. The fraction of sp³-hybridized carbons (Fsp3) is 0.636. The van der Waals surface area contributed by atoms with Gasteiger partial charge in [0.15, 0.2) is 5.96 Å². The number of nitrogens with one attached hydrogen (secondary N) is 2. The van der Waals surface area contributed by atoms with Gasteiger partial charge in [0.25, 0.3) is 5.91 Å². The number of aliphatic imine (C=N–C) groups is 1. The molecule has 1 heterocycles. The Hall–Kier alpha value is -2.04. The molecule has 1 aromatic rings. The van der Waals surface area contributed by atoms with Crippen LogP contribution >= 0.6 is 0 Å². The molecule has 1 atom stereocenters. The zero-order chi connectivity index (χ0) is 19.3. The first-order valence-electron chi connectivity index (χ1n) is 10.5. The van der Waals surface area contributed by atoms with Gasteiger partial charge in [0, 0.05) is 31.2 Å². The predicted octanol–water partition coefficient (Wildman–Crippen LogP) is 3.56. The zero-order valence-electron chi connectivity index (χ0n) is 17.1. The van der Waals surface area contributed by atoms with Crippen molar-refractivity contribution in [2.75, 3.05) is 19.6 Å². The van der Waals surface area contributed by atoms with Crippen molar-refractivity contribution in [3.8, 4) is 0 Å². The van der Waals surface area contributed by atoms with Crippen LogP contribution in [0.4, 0.5) is 0 Å². The maximum atomic E-state index is 12.4. The van der Waals surface area contributed by atoms with E-state index in [9.17, 15) is 4.79 Å². The van der Waals surface area contributed by atoms with Gasteiger partial charge >= 0.3 is 0 Å². The highest BCUT2D eigenvalue weighted by Gasteiger charge is 2.43. The monoisotopic (exact) mass is 370 g/mol. The van der Waals surface area contributed by atoms with Crippen LogP contribution in [-0.2, 0) is 6.54 Å². The van der Waals surface area contributed by atoms with Crippen molar-refractivity contribution in [2.24, 2.45) is 10.4 Å². The van der Waals surface area contributed by atoms with Crippen LogP contribution in [0.2, 0.25) is 0 Å². The summed E-state index contributed by atoms with van der Waals surface area (Å²) in [6.07, 6.45) is 6.35. The van der Waals surface area contributed by atoms with Crippen LogP contribution in [0.1, 0.15) is 68.8 Å². The summed E-state index contributed by atoms with van der Waals surface area (Å²) in [5.41, 5.74) is 2.34. The van der Waals surface area contributed by atoms with E-state index in [0.29, 0.717) is 17.5 Å². The average molecular weight is 371 g/mol. The summed E-state index contributed by atoms with van der Waals surface area (Å²) in [5.74, 6) is 1.00. The van der Waals surface area contributed by atoms with Gasteiger partial charge in [-0.1, -0.05) is 25.5 Å². The van der Waals surface area contributed by atoms with Gasteiger partial charge in [-0.15, -0.1) is 0 Å². The molecule has 5 nitrogen and oxygen atoms in total. The molecule has 1 saturated heterocycles. The van der Waals surface area contributed by atoms with Crippen molar-refractivity contribution in [3.05, 3.63) is 35.4 Å². The molecule has 5 heteroatoms. The third kappa shape index (κ3) is 4.82. The smallest absolute Gasteiger partial charge is 0.251 e. The third-order valence-electron chi connectivity index (χ3n) is 6.08. The van der Waals surface area contributed by atoms with E-state index in [4.69, 9.17) is 4.99 Å². The zero-order valence-corrected chi connectivity index (χ0v) is 17.1. The number of amides is 1. The van der Waals surface area contributed by atoms with E-state index in [2.05, 4.69) is 29.4 Å². The lowest BCUT2D eigenvalue weighted by atomic mass is 9.68. The van der Waals surface area contributed by atoms with Crippen LogP contribution in [0.3, 0.4) is 0 Å². The van der Waals surface area contributed by atoms with Crippen molar-refractivity contribution < 1.29 is 4.79 Å². The van der Waals surface area contributed by atoms with Gasteiger partial charge in [-0.25, -0.2) is 4.99 Å². The maximum absolute atomic E-state index is 12.4. The lowest BCUT2D eigenvalue weighted by Crippen LogP contribution is -2.42. The minimum Gasteiger partial charge on any atom is -0.357 e. The number of guanidine groups is 1. The van der Waals surface area contributed by atoms with Gasteiger partial charge in [-0.2, -0.15) is 0 Å². The highest BCUT2D eigenvalue weighted by Crippen LogP contribution is 2.47. The highest BCUT2D eigenvalue weighted by atomic mass is 16.1. The quantitative estimate of drug-likeness (QED) is 0.595. The minimum atomic E-state index is -0.00597. The first-order chi connectivity index (χ1) is 13.0. The molecular weight excluding hydrogens is 336 g/mol. The number of benzene rings is 1. The summed E-state index contributed by atoms with van der Waals surface area (Å²) in [6, 6.07) is 8.01. The number of hydrogen-bond acceptors (Lipinski definition) is 2. The Bertz CT molecular complexity index is 681. The molecule has 2 aliphatic rings. The first kappa shape index (κ1) is 19.7. The van der Waals surface area contributed by atoms with Gasteiger partial charge in [-0.3, -0.25) is 4.79 Å². The molecule has 1 amide bonds. The summed E-state index contributed by atoms with van der Waals surface area (Å²) in [5, 5.41) is 6.48. The summed E-state index contributed by atoms with van der Waals surface area (Å²) in [7, 11) is 0. The largest absolute Gasteiger partial charge is 0.357 e. The molecule has 1 aliphatic carbocycles. The van der Waals surface area contributed by atoms with E-state index < -0.39 is 0 Å². The molecular formula is C22H34N4O. The topological polar surface area (TPSA) is 56.7 Å². The molecule has 0 aromatic heterocycles. The highest BCUT2D eigenvalue weighted by molar-refractivity contribution is 5.94. The van der Waals surface area contributed by atoms with Crippen LogP contribution in [0.15, 0.2) is 29.3 Å². The number of nitrogens with zero attached hydrogens (tertiary/aromatic N) is 2. The van der Waals surface area contributed by atoms with Crippen molar-refractivity contribution in [3.63, 3.8) is 0 Å². The number of carbonyl (C=O) groups excluding carboxylic acids is 1. The Balaban J connectivity index is 1.65. The Labute approximate surface area is 163 Å². The second kappa shape index (κ2) is 8.77. The van der Waals surface area contributed by atoms with Gasteiger partial charge in [-0.05, 0) is 62.6 Å². The van der Waals surface area contributed by atoms with E-state index in [1.54, 1.807) is 0 Å². The van der Waals surface area contributed by atoms with Crippen molar-refractivity contribution in [1.82, 2.24) is 15.5 Å². The Morgan fingerprint density at radius 3 is 2.74 bits per heavy atom. The fourth-order valence-electron chi connectivity index (χ4n) is 4.01. The van der Waals surface area contributed by atoms with E-state index in [-0.39, 0.29) is 11.9 Å². The van der Waals surface area contributed by atoms with E-state index in [1.807, 2.05) is 31.2 Å².